The van der Waals surface area contributed by atoms with E-state index in [0.717, 1.165) is 54.3 Å². The second-order valence-corrected chi connectivity index (χ2v) is 8.39. The van der Waals surface area contributed by atoms with Crippen molar-refractivity contribution in [3.8, 4) is 0 Å². The first kappa shape index (κ1) is 20.2. The van der Waals surface area contributed by atoms with E-state index in [0.29, 0.717) is 29.4 Å². The van der Waals surface area contributed by atoms with Gasteiger partial charge in [-0.3, -0.25) is 15.8 Å². The summed E-state index contributed by atoms with van der Waals surface area (Å²) in [5.74, 6) is 1.18. The lowest BCUT2D eigenvalue weighted by molar-refractivity contribution is -0.926. The number of piperidine rings is 1. The number of nitrogens with zero attached hydrogens (tertiary/aromatic N) is 5. The van der Waals surface area contributed by atoms with Crippen LogP contribution in [0.3, 0.4) is 0 Å². The second-order valence-electron chi connectivity index (χ2n) is 8.39. The lowest BCUT2D eigenvalue weighted by Crippen LogP contribution is -2.54. The number of nitrogens with one attached hydrogen (secondary N) is 3. The van der Waals surface area contributed by atoms with Crippen LogP contribution in [0.5, 0.6) is 0 Å². The van der Waals surface area contributed by atoms with Crippen molar-refractivity contribution >= 4 is 41.4 Å². The Bertz CT molecular complexity index is 929. The van der Waals surface area contributed by atoms with Crippen molar-refractivity contribution in [3.63, 3.8) is 0 Å². The zero-order valence-electron chi connectivity index (χ0n) is 17.4. The Labute approximate surface area is 177 Å². The van der Waals surface area contributed by atoms with Gasteiger partial charge in [-0.25, -0.2) is 4.99 Å². The van der Waals surface area contributed by atoms with Gasteiger partial charge in [0.2, 0.25) is 0 Å². The molecule has 0 aromatic carbocycles. The van der Waals surface area contributed by atoms with Crippen LogP contribution in [0.2, 0.25) is 0 Å². The van der Waals surface area contributed by atoms with Gasteiger partial charge in [-0.1, -0.05) is 6.58 Å². The summed E-state index contributed by atoms with van der Waals surface area (Å²) in [4.78, 5) is 17.5. The number of aromatic nitrogens is 2. The molecular formula is C21H30N9+. The van der Waals surface area contributed by atoms with Gasteiger partial charge in [0.1, 0.15) is 17.6 Å². The van der Waals surface area contributed by atoms with Crippen LogP contribution >= 0.6 is 0 Å². The third-order valence-electron chi connectivity index (χ3n) is 5.98. The van der Waals surface area contributed by atoms with Gasteiger partial charge in [-0.15, -0.1) is 0 Å². The molecule has 158 valence electrons. The van der Waals surface area contributed by atoms with Crippen molar-refractivity contribution in [3.05, 3.63) is 24.3 Å². The summed E-state index contributed by atoms with van der Waals surface area (Å²) in [5.41, 5.74) is 14.7. The minimum absolute atomic E-state index is 0.215. The average Bonchev–Trinajstić information content (AvgIpc) is 3.46. The topological polar surface area (TPSA) is 124 Å². The highest BCUT2D eigenvalue weighted by Crippen LogP contribution is 2.34. The van der Waals surface area contributed by atoms with Gasteiger partial charge in [-0.2, -0.15) is 9.97 Å². The van der Waals surface area contributed by atoms with Crippen LogP contribution < -0.4 is 16.6 Å². The Morgan fingerprint density at radius 3 is 2.87 bits per heavy atom. The zero-order chi connectivity index (χ0) is 21.1. The predicted octanol–water partition coefficient (Wildman–Crippen LogP) is 2.47. The molecule has 5 N–H and O–H groups in total. The molecule has 2 atom stereocenters. The first-order valence-electron chi connectivity index (χ1n) is 10.5. The Morgan fingerprint density at radius 1 is 1.30 bits per heavy atom. The number of nitrogens with two attached hydrogens (primary N) is 1. The molecule has 1 saturated heterocycles. The van der Waals surface area contributed by atoms with Gasteiger partial charge in [0, 0.05) is 18.9 Å². The first-order valence-corrected chi connectivity index (χ1v) is 10.5. The van der Waals surface area contributed by atoms with Gasteiger partial charge >= 0.3 is 0 Å². The van der Waals surface area contributed by atoms with Gasteiger partial charge in [0.25, 0.3) is 5.95 Å². The number of hydrazine groups is 1. The van der Waals surface area contributed by atoms with Crippen molar-refractivity contribution in [2.24, 2.45) is 9.98 Å². The fourth-order valence-electron chi connectivity index (χ4n) is 4.09. The minimum atomic E-state index is 0.215. The van der Waals surface area contributed by atoms with Gasteiger partial charge in [-0.05, 0) is 37.8 Å². The van der Waals surface area contributed by atoms with Crippen LogP contribution in [0, 0.1) is 5.41 Å². The maximum Gasteiger partial charge on any atom is 0.254 e. The fraction of sp³-hybridized carbons (Fsp3) is 0.476. The molecule has 1 aromatic rings. The summed E-state index contributed by atoms with van der Waals surface area (Å²) in [5, 5.41) is 7.55. The largest absolute Gasteiger partial charge is 0.383 e. The number of rotatable bonds is 7. The molecule has 2 unspecified atom stereocenters. The highest BCUT2D eigenvalue weighted by Gasteiger charge is 2.34. The molecule has 0 bridgehead atoms. The molecule has 3 heterocycles. The van der Waals surface area contributed by atoms with Crippen LogP contribution in [-0.2, 0) is 0 Å². The minimum Gasteiger partial charge on any atom is -0.383 e. The Balaban J connectivity index is 1.61. The van der Waals surface area contributed by atoms with Crippen LogP contribution in [0.4, 0.5) is 17.6 Å². The number of aliphatic imine (C=N–C) groups is 2. The van der Waals surface area contributed by atoms with Crippen molar-refractivity contribution in [2.45, 2.75) is 44.2 Å². The summed E-state index contributed by atoms with van der Waals surface area (Å²) >= 11 is 0. The zero-order valence-corrected chi connectivity index (χ0v) is 17.4. The number of nitrogen functional groups attached to an aromatic ring is 1. The number of hydrogen-bond donors (Lipinski definition) is 4. The van der Waals surface area contributed by atoms with E-state index in [1.165, 1.54) is 12.8 Å². The highest BCUT2D eigenvalue weighted by atomic mass is 15.4. The molecule has 0 spiro atoms. The van der Waals surface area contributed by atoms with E-state index in [2.05, 4.69) is 50.5 Å². The Kier molecular flexibility index (Phi) is 5.63. The van der Waals surface area contributed by atoms with Crippen molar-refractivity contribution in [1.29, 1.82) is 5.41 Å². The van der Waals surface area contributed by atoms with E-state index in [9.17, 15) is 0 Å². The summed E-state index contributed by atoms with van der Waals surface area (Å²) in [6.07, 6.45) is 12.8. The van der Waals surface area contributed by atoms with E-state index in [4.69, 9.17) is 11.1 Å². The lowest BCUT2D eigenvalue weighted by atomic mass is 9.97. The molecule has 9 nitrogen and oxygen atoms in total. The molecule has 2 aliphatic heterocycles. The van der Waals surface area contributed by atoms with Crippen molar-refractivity contribution in [1.82, 2.24) is 15.4 Å². The first-order chi connectivity index (χ1) is 14.5. The molecule has 2 fully saturated rings. The molecule has 1 aliphatic carbocycles. The number of likely N-dealkylation sites (N-methyl/N-ethyl adjacent to an activating group) is 1. The number of hydrogen-bond acceptors (Lipinski definition) is 8. The second kappa shape index (κ2) is 8.35. The maximum atomic E-state index is 7.55. The molecule has 0 amide bonds. The van der Waals surface area contributed by atoms with E-state index >= 15 is 0 Å². The molecule has 3 aliphatic rings. The third-order valence-corrected chi connectivity index (χ3v) is 5.98. The van der Waals surface area contributed by atoms with Crippen LogP contribution in [0.25, 0.3) is 5.70 Å². The van der Waals surface area contributed by atoms with E-state index in [1.807, 2.05) is 6.08 Å². The molecule has 9 heteroatoms. The normalized spacial score (nSPS) is 27.6. The summed E-state index contributed by atoms with van der Waals surface area (Å²) < 4.78 is 0.941. The Morgan fingerprint density at radius 2 is 2.13 bits per heavy atom. The molecule has 1 aromatic heterocycles. The smallest absolute Gasteiger partial charge is 0.254 e. The SMILES string of the molecule is C=CC[N+]1(C)CCCCC1C=C1NNc2nc(N=C(C=N)C=NC3CC3)nc(N)c21. The van der Waals surface area contributed by atoms with E-state index in [1.54, 1.807) is 6.21 Å². The van der Waals surface area contributed by atoms with Gasteiger partial charge in [0.05, 0.1) is 37.4 Å². The standard InChI is InChI=1S/C21H30N9/c1-3-9-30(2)10-5-4-6-16(30)11-17-18-19(23)26-21(27-20(18)29-28-17)25-15(12-22)13-24-14-7-8-14/h3,11-14,16,22,28H,1,4-10H2,2H3,(H3,23,26,27,29)/q+1. The van der Waals surface area contributed by atoms with Crippen LogP contribution in [0.1, 0.15) is 37.7 Å². The quantitative estimate of drug-likeness (QED) is 0.313. The third kappa shape index (κ3) is 4.25. The number of likely N-dealkylation sites (tertiary alicyclic amines) is 1. The lowest BCUT2D eigenvalue weighted by Gasteiger charge is -2.43. The van der Waals surface area contributed by atoms with E-state index in [-0.39, 0.29) is 5.95 Å². The predicted molar refractivity (Wildman–Crippen MR) is 122 cm³/mol. The molecular weight excluding hydrogens is 378 g/mol. The molecule has 4 rings (SSSR count). The Hall–Kier alpha value is -3.07. The number of quaternary nitrogens is 1. The van der Waals surface area contributed by atoms with Gasteiger partial charge in [0.15, 0.2) is 5.82 Å². The van der Waals surface area contributed by atoms with E-state index < -0.39 is 0 Å². The number of fused-ring (bicyclic) bond motifs is 1. The monoisotopic (exact) mass is 408 g/mol. The van der Waals surface area contributed by atoms with Crippen molar-refractivity contribution < 1.29 is 4.48 Å². The highest BCUT2D eigenvalue weighted by molar-refractivity contribution is 6.55. The van der Waals surface area contributed by atoms with Crippen LogP contribution in [-0.4, -0.2) is 64.8 Å². The summed E-state index contributed by atoms with van der Waals surface area (Å²) in [6, 6.07) is 0.733. The molecule has 1 saturated carbocycles. The van der Waals surface area contributed by atoms with Gasteiger partial charge < -0.3 is 15.6 Å². The molecule has 30 heavy (non-hydrogen) atoms. The van der Waals surface area contributed by atoms with Crippen molar-refractivity contribution in [2.75, 3.05) is 31.3 Å². The summed E-state index contributed by atoms with van der Waals surface area (Å²) in [7, 11) is 2.28. The number of anilines is 2. The fourth-order valence-corrected chi connectivity index (χ4v) is 4.09. The average molecular weight is 409 g/mol. The van der Waals surface area contributed by atoms with Crippen LogP contribution in [0.15, 0.2) is 28.7 Å². The molecule has 0 radical (unpaired) electrons. The maximum absolute atomic E-state index is 7.55. The summed E-state index contributed by atoms with van der Waals surface area (Å²) in [6.45, 7) is 6.01.